The number of nitrogens with one attached hydrogen (secondary N) is 1. The molecule has 0 spiro atoms. The first kappa shape index (κ1) is 14.2. The van der Waals surface area contributed by atoms with Crippen LogP contribution in [0.25, 0.3) is 0 Å². The number of likely N-dealkylation sites (tertiary alicyclic amines) is 1. The molecule has 3 heterocycles. The van der Waals surface area contributed by atoms with E-state index in [-0.39, 0.29) is 0 Å². The fourth-order valence-electron chi connectivity index (χ4n) is 3.02. The minimum atomic E-state index is 0.688. The molecule has 1 atom stereocenters. The topological polar surface area (TPSA) is 53.5 Å². The molecule has 7 heteroatoms. The Kier molecular flexibility index (Phi) is 4.82. The minimum Gasteiger partial charge on any atom is -0.379 e. The highest BCUT2D eigenvalue weighted by Gasteiger charge is 2.29. The van der Waals surface area contributed by atoms with Gasteiger partial charge in [0, 0.05) is 56.8 Å². The Balaban J connectivity index is 1.53. The standard InChI is InChI=1S/C13H23N5OS/c1-2-14-13-12(15-16-20-13)10-17-4-3-11(9-17)18-5-7-19-8-6-18/h11,14H,2-10H2,1H3. The lowest BCUT2D eigenvalue weighted by molar-refractivity contribution is 0.0183. The second kappa shape index (κ2) is 6.80. The Morgan fingerprint density at radius 2 is 2.20 bits per heavy atom. The molecule has 0 amide bonds. The molecule has 2 aliphatic heterocycles. The van der Waals surface area contributed by atoms with Crippen LogP contribution in [-0.4, -0.2) is 71.4 Å². The molecule has 1 unspecified atom stereocenters. The zero-order valence-corrected chi connectivity index (χ0v) is 12.9. The van der Waals surface area contributed by atoms with Crippen molar-refractivity contribution in [3.8, 4) is 0 Å². The summed E-state index contributed by atoms with van der Waals surface area (Å²) in [5.41, 5.74) is 1.10. The second-order valence-corrected chi connectivity index (χ2v) is 6.16. The van der Waals surface area contributed by atoms with Gasteiger partial charge in [0.15, 0.2) is 0 Å². The minimum absolute atomic E-state index is 0.688. The van der Waals surface area contributed by atoms with E-state index in [1.54, 1.807) is 0 Å². The first-order valence-corrected chi connectivity index (χ1v) is 8.23. The average molecular weight is 297 g/mol. The third-order valence-corrected chi connectivity index (χ3v) is 4.80. The number of hydrogen-bond acceptors (Lipinski definition) is 7. The molecule has 1 N–H and O–H groups in total. The van der Waals surface area contributed by atoms with Crippen LogP contribution in [0.2, 0.25) is 0 Å². The number of nitrogens with zero attached hydrogens (tertiary/aromatic N) is 4. The molecule has 0 aromatic carbocycles. The molecule has 0 aliphatic carbocycles. The Labute approximate surface area is 124 Å². The van der Waals surface area contributed by atoms with E-state index in [2.05, 4.69) is 31.6 Å². The summed E-state index contributed by atoms with van der Waals surface area (Å²) in [6, 6.07) is 0.688. The van der Waals surface area contributed by atoms with Gasteiger partial charge >= 0.3 is 0 Å². The maximum atomic E-state index is 5.43. The van der Waals surface area contributed by atoms with Gasteiger partial charge in [-0.2, -0.15) is 0 Å². The van der Waals surface area contributed by atoms with Gasteiger partial charge in [0.25, 0.3) is 0 Å². The lowest BCUT2D eigenvalue weighted by Crippen LogP contribution is -2.44. The van der Waals surface area contributed by atoms with Crippen molar-refractivity contribution in [2.45, 2.75) is 25.9 Å². The van der Waals surface area contributed by atoms with E-state index < -0.39 is 0 Å². The van der Waals surface area contributed by atoms with Gasteiger partial charge in [0.1, 0.15) is 10.7 Å². The zero-order chi connectivity index (χ0) is 13.8. The molecule has 2 saturated heterocycles. The Hall–Kier alpha value is -0.760. The highest BCUT2D eigenvalue weighted by atomic mass is 32.1. The van der Waals surface area contributed by atoms with Crippen LogP contribution in [-0.2, 0) is 11.3 Å². The van der Waals surface area contributed by atoms with E-state index in [1.165, 1.54) is 18.0 Å². The van der Waals surface area contributed by atoms with Crippen LogP contribution >= 0.6 is 11.5 Å². The van der Waals surface area contributed by atoms with E-state index in [9.17, 15) is 0 Å². The van der Waals surface area contributed by atoms with Crippen LogP contribution in [0, 0.1) is 0 Å². The molecule has 20 heavy (non-hydrogen) atoms. The predicted molar refractivity (Wildman–Crippen MR) is 80.1 cm³/mol. The summed E-state index contributed by atoms with van der Waals surface area (Å²) in [6.45, 7) is 10.2. The van der Waals surface area contributed by atoms with Gasteiger partial charge in [0.2, 0.25) is 0 Å². The van der Waals surface area contributed by atoms with Crippen LogP contribution in [0.5, 0.6) is 0 Å². The first-order chi connectivity index (χ1) is 9.86. The van der Waals surface area contributed by atoms with E-state index >= 15 is 0 Å². The molecule has 0 bridgehead atoms. The fourth-order valence-corrected chi connectivity index (χ4v) is 3.66. The highest BCUT2D eigenvalue weighted by molar-refractivity contribution is 7.10. The van der Waals surface area contributed by atoms with Crippen molar-refractivity contribution in [3.05, 3.63) is 5.69 Å². The van der Waals surface area contributed by atoms with E-state index in [0.29, 0.717) is 6.04 Å². The summed E-state index contributed by atoms with van der Waals surface area (Å²) in [7, 11) is 0. The second-order valence-electron chi connectivity index (χ2n) is 5.41. The molecule has 3 rings (SSSR count). The van der Waals surface area contributed by atoms with Gasteiger partial charge in [-0.3, -0.25) is 9.80 Å². The van der Waals surface area contributed by atoms with Crippen LogP contribution in [0.15, 0.2) is 0 Å². The molecular formula is C13H23N5OS. The molecular weight excluding hydrogens is 274 g/mol. The summed E-state index contributed by atoms with van der Waals surface area (Å²) in [6.07, 6.45) is 1.26. The predicted octanol–water partition coefficient (Wildman–Crippen LogP) is 0.876. The molecule has 0 saturated carbocycles. The zero-order valence-electron chi connectivity index (χ0n) is 12.0. The third kappa shape index (κ3) is 3.28. The van der Waals surface area contributed by atoms with Crippen molar-refractivity contribution in [1.82, 2.24) is 19.4 Å². The molecule has 112 valence electrons. The van der Waals surface area contributed by atoms with Crippen molar-refractivity contribution < 1.29 is 4.74 Å². The summed E-state index contributed by atoms with van der Waals surface area (Å²) in [4.78, 5) is 5.08. The molecule has 1 aromatic heterocycles. The van der Waals surface area contributed by atoms with Gasteiger partial charge in [0.05, 0.1) is 13.2 Å². The third-order valence-electron chi connectivity index (χ3n) is 4.08. The monoisotopic (exact) mass is 297 g/mol. The summed E-state index contributed by atoms with van der Waals surface area (Å²) >= 11 is 1.46. The SMILES string of the molecule is CCNc1snnc1CN1CCC(N2CCOCC2)C1. The molecule has 2 fully saturated rings. The number of hydrogen-bond donors (Lipinski definition) is 1. The number of rotatable bonds is 5. The van der Waals surface area contributed by atoms with Crippen molar-refractivity contribution in [2.24, 2.45) is 0 Å². The first-order valence-electron chi connectivity index (χ1n) is 7.46. The van der Waals surface area contributed by atoms with Crippen LogP contribution in [0.1, 0.15) is 19.0 Å². The summed E-state index contributed by atoms with van der Waals surface area (Å²) in [5.74, 6) is 0. The maximum Gasteiger partial charge on any atom is 0.134 e. The number of ether oxygens (including phenoxy) is 1. The molecule has 6 nitrogen and oxygen atoms in total. The van der Waals surface area contributed by atoms with E-state index in [1.807, 2.05) is 0 Å². The molecule has 1 aromatic rings. The van der Waals surface area contributed by atoms with Gasteiger partial charge in [-0.25, -0.2) is 0 Å². The van der Waals surface area contributed by atoms with Gasteiger partial charge in [-0.1, -0.05) is 4.49 Å². The van der Waals surface area contributed by atoms with E-state index in [4.69, 9.17) is 4.74 Å². The summed E-state index contributed by atoms with van der Waals surface area (Å²) < 4.78 is 9.50. The Morgan fingerprint density at radius 3 is 3.00 bits per heavy atom. The largest absolute Gasteiger partial charge is 0.379 e. The van der Waals surface area contributed by atoms with Gasteiger partial charge < -0.3 is 10.1 Å². The lowest BCUT2D eigenvalue weighted by atomic mass is 10.2. The van der Waals surface area contributed by atoms with E-state index in [0.717, 1.165) is 63.2 Å². The smallest absolute Gasteiger partial charge is 0.134 e. The molecule has 0 radical (unpaired) electrons. The Bertz CT molecular complexity index is 421. The Morgan fingerprint density at radius 1 is 1.35 bits per heavy atom. The fraction of sp³-hybridized carbons (Fsp3) is 0.846. The molecule has 2 aliphatic rings. The van der Waals surface area contributed by atoms with Crippen molar-refractivity contribution >= 4 is 16.5 Å². The quantitative estimate of drug-likeness (QED) is 0.870. The van der Waals surface area contributed by atoms with Crippen LogP contribution in [0.4, 0.5) is 5.00 Å². The van der Waals surface area contributed by atoms with Crippen LogP contribution < -0.4 is 5.32 Å². The number of aromatic nitrogens is 2. The maximum absolute atomic E-state index is 5.43. The van der Waals surface area contributed by atoms with Gasteiger partial charge in [-0.05, 0) is 13.3 Å². The number of morpholine rings is 1. The van der Waals surface area contributed by atoms with Crippen molar-refractivity contribution in [3.63, 3.8) is 0 Å². The highest BCUT2D eigenvalue weighted by Crippen LogP contribution is 2.23. The van der Waals surface area contributed by atoms with Crippen LogP contribution in [0.3, 0.4) is 0 Å². The van der Waals surface area contributed by atoms with Gasteiger partial charge in [-0.15, -0.1) is 5.10 Å². The normalized spacial score (nSPS) is 25.1. The summed E-state index contributed by atoms with van der Waals surface area (Å²) in [5, 5.41) is 8.74. The average Bonchev–Trinajstić information content (AvgIpc) is 3.11. The van der Waals surface area contributed by atoms with Crippen molar-refractivity contribution in [1.29, 1.82) is 0 Å². The van der Waals surface area contributed by atoms with Crippen molar-refractivity contribution in [2.75, 3.05) is 51.3 Å². The lowest BCUT2D eigenvalue weighted by Gasteiger charge is -2.32. The number of anilines is 1.